The molecule has 0 bridgehead atoms. The number of carbonyl (C=O) groups excluding carboxylic acids is 2. The van der Waals surface area contributed by atoms with Gasteiger partial charge in [0.1, 0.15) is 19.0 Å². The minimum Gasteiger partial charge on any atom is -0.486 e. The number of rotatable bonds is 5. The van der Waals surface area contributed by atoms with Gasteiger partial charge >= 0.3 is 0 Å². The summed E-state index contributed by atoms with van der Waals surface area (Å²) in [5.74, 6) is 0.0555. The highest BCUT2D eigenvalue weighted by molar-refractivity contribution is 7.14. The van der Waals surface area contributed by atoms with Gasteiger partial charge in [-0.2, -0.15) is 0 Å². The summed E-state index contributed by atoms with van der Waals surface area (Å²) < 4.78 is 24.2. The van der Waals surface area contributed by atoms with E-state index in [0.717, 1.165) is 16.0 Å². The number of thiophene rings is 1. The average molecular weight is 411 g/mol. The van der Waals surface area contributed by atoms with Crippen LogP contribution in [0.3, 0.4) is 0 Å². The van der Waals surface area contributed by atoms with Crippen molar-refractivity contribution >= 4 is 23.0 Å². The Morgan fingerprint density at radius 3 is 2.66 bits per heavy atom. The van der Waals surface area contributed by atoms with Crippen molar-refractivity contribution in [3.05, 3.63) is 69.7 Å². The van der Waals surface area contributed by atoms with Crippen LogP contribution in [0.5, 0.6) is 11.5 Å². The number of hydrogen-bond donors (Lipinski definition) is 1. The molecule has 5 nitrogen and oxygen atoms in total. The third-order valence-electron chi connectivity index (χ3n) is 4.57. The fraction of sp³-hybridized carbons (Fsp3) is 0.182. The third-order valence-corrected chi connectivity index (χ3v) is 5.62. The Hall–Kier alpha value is -3.19. The molecule has 0 unspecified atom stereocenters. The van der Waals surface area contributed by atoms with Crippen molar-refractivity contribution in [1.29, 1.82) is 0 Å². The number of benzene rings is 2. The van der Waals surface area contributed by atoms with Crippen LogP contribution in [-0.4, -0.2) is 31.4 Å². The summed E-state index contributed by atoms with van der Waals surface area (Å²) >= 11 is 1.33. The van der Waals surface area contributed by atoms with E-state index in [1.165, 1.54) is 23.5 Å². The molecule has 0 saturated heterocycles. The van der Waals surface area contributed by atoms with Crippen LogP contribution in [-0.2, 0) is 0 Å². The zero-order valence-electron chi connectivity index (χ0n) is 15.7. The molecule has 4 rings (SSSR count). The zero-order valence-corrected chi connectivity index (χ0v) is 16.5. The van der Waals surface area contributed by atoms with Crippen LogP contribution in [0.2, 0.25) is 0 Å². The van der Waals surface area contributed by atoms with Crippen LogP contribution < -0.4 is 14.8 Å². The maximum Gasteiger partial charge on any atom is 0.261 e. The van der Waals surface area contributed by atoms with Crippen molar-refractivity contribution in [3.63, 3.8) is 0 Å². The van der Waals surface area contributed by atoms with Crippen LogP contribution in [0.1, 0.15) is 24.9 Å². The van der Waals surface area contributed by atoms with Crippen molar-refractivity contribution < 1.29 is 23.5 Å². The Morgan fingerprint density at radius 2 is 1.86 bits per heavy atom. The van der Waals surface area contributed by atoms with Crippen molar-refractivity contribution in [2.75, 3.05) is 19.8 Å². The lowest BCUT2D eigenvalue weighted by atomic mass is 10.1. The number of ether oxygens (including phenoxy) is 2. The monoisotopic (exact) mass is 411 g/mol. The van der Waals surface area contributed by atoms with Crippen LogP contribution >= 0.6 is 11.3 Å². The normalized spacial score (nSPS) is 12.5. The lowest BCUT2D eigenvalue weighted by Crippen LogP contribution is -2.29. The first-order chi connectivity index (χ1) is 14.0. The minimum absolute atomic E-state index is 0.151. The van der Waals surface area contributed by atoms with E-state index in [0.29, 0.717) is 35.2 Å². The highest BCUT2D eigenvalue weighted by Crippen LogP contribution is 2.34. The maximum absolute atomic E-state index is 13.1. The van der Waals surface area contributed by atoms with Gasteiger partial charge in [-0.25, -0.2) is 4.39 Å². The van der Waals surface area contributed by atoms with Gasteiger partial charge in [0.25, 0.3) is 5.91 Å². The molecule has 1 aliphatic heterocycles. The summed E-state index contributed by atoms with van der Waals surface area (Å²) in [6, 6.07) is 13.0. The number of hydrogen-bond acceptors (Lipinski definition) is 5. The van der Waals surface area contributed by atoms with Gasteiger partial charge in [0.05, 0.1) is 17.0 Å². The highest BCUT2D eigenvalue weighted by Gasteiger charge is 2.21. The zero-order chi connectivity index (χ0) is 20.4. The second-order valence-electron chi connectivity index (χ2n) is 6.52. The summed E-state index contributed by atoms with van der Waals surface area (Å²) in [5, 5.41) is 2.67. The molecule has 2 aromatic carbocycles. The van der Waals surface area contributed by atoms with E-state index in [-0.39, 0.29) is 24.1 Å². The molecule has 29 heavy (non-hydrogen) atoms. The summed E-state index contributed by atoms with van der Waals surface area (Å²) in [7, 11) is 0. The van der Waals surface area contributed by atoms with Crippen molar-refractivity contribution in [2.45, 2.75) is 6.92 Å². The number of carbonyl (C=O) groups is 2. The molecule has 1 amide bonds. The number of amides is 1. The lowest BCUT2D eigenvalue weighted by molar-refractivity contribution is 0.0902. The van der Waals surface area contributed by atoms with E-state index in [1.807, 2.05) is 6.92 Å². The van der Waals surface area contributed by atoms with E-state index in [2.05, 4.69) is 5.32 Å². The topological polar surface area (TPSA) is 64.6 Å². The van der Waals surface area contributed by atoms with Crippen molar-refractivity contribution in [3.8, 4) is 22.6 Å². The Morgan fingerprint density at radius 1 is 1.10 bits per heavy atom. The Kier molecular flexibility index (Phi) is 5.31. The fourth-order valence-corrected chi connectivity index (χ4v) is 4.10. The Balaban J connectivity index is 1.46. The fourth-order valence-electron chi connectivity index (χ4n) is 3.15. The molecule has 0 saturated carbocycles. The standard InChI is InChI=1S/C22H18FNO4S/c1-13-17(14-5-7-15(23)8-6-14)11-20(29-13)22(26)24-12-18(25)16-3-2-4-19-21(16)28-10-9-27-19/h2-8,11H,9-10,12H2,1H3,(H,24,26). The molecular weight excluding hydrogens is 393 g/mol. The first-order valence-electron chi connectivity index (χ1n) is 9.09. The van der Waals surface area contributed by atoms with Gasteiger partial charge in [0, 0.05) is 4.88 Å². The molecule has 0 aliphatic carbocycles. The lowest BCUT2D eigenvalue weighted by Gasteiger charge is -2.20. The third kappa shape index (κ3) is 4.00. The SMILES string of the molecule is Cc1sc(C(=O)NCC(=O)c2cccc3c2OCCO3)cc1-c1ccc(F)cc1. The Bertz CT molecular complexity index is 1070. The van der Waals surface area contributed by atoms with Gasteiger partial charge in [-0.05, 0) is 48.4 Å². The van der Waals surface area contributed by atoms with Gasteiger partial charge in [-0.3, -0.25) is 9.59 Å². The van der Waals surface area contributed by atoms with Crippen LogP contribution in [0.25, 0.3) is 11.1 Å². The molecule has 2 heterocycles. The van der Waals surface area contributed by atoms with Crippen LogP contribution in [0.15, 0.2) is 48.5 Å². The summed E-state index contributed by atoms with van der Waals surface area (Å²) in [6.45, 7) is 2.57. The molecule has 1 N–H and O–H groups in total. The molecule has 0 atom stereocenters. The molecule has 0 spiro atoms. The highest BCUT2D eigenvalue weighted by atomic mass is 32.1. The first-order valence-corrected chi connectivity index (χ1v) is 9.91. The number of Topliss-reactive ketones (excluding diaryl/α,β-unsaturated/α-hetero) is 1. The molecule has 148 valence electrons. The second-order valence-corrected chi connectivity index (χ2v) is 7.78. The number of fused-ring (bicyclic) bond motifs is 1. The van der Waals surface area contributed by atoms with Crippen LogP contribution in [0.4, 0.5) is 4.39 Å². The molecule has 0 radical (unpaired) electrons. The number of halogens is 1. The van der Waals surface area contributed by atoms with E-state index >= 15 is 0 Å². The number of ketones is 1. The number of nitrogens with one attached hydrogen (secondary N) is 1. The van der Waals surface area contributed by atoms with Gasteiger partial charge in [-0.1, -0.05) is 18.2 Å². The van der Waals surface area contributed by atoms with Crippen molar-refractivity contribution in [1.82, 2.24) is 5.32 Å². The number of para-hydroxylation sites is 1. The quantitative estimate of drug-likeness (QED) is 0.638. The molecule has 3 aromatic rings. The minimum atomic E-state index is -0.332. The van der Waals surface area contributed by atoms with Gasteiger partial charge in [0.2, 0.25) is 0 Å². The largest absolute Gasteiger partial charge is 0.486 e. The Labute approximate surface area is 171 Å². The second kappa shape index (κ2) is 8.05. The molecule has 0 fully saturated rings. The number of aryl methyl sites for hydroxylation is 1. The molecule has 7 heteroatoms. The first kappa shape index (κ1) is 19.1. The van der Waals surface area contributed by atoms with Gasteiger partial charge < -0.3 is 14.8 Å². The summed E-state index contributed by atoms with van der Waals surface area (Å²) in [6.07, 6.45) is 0. The van der Waals surface area contributed by atoms with E-state index in [9.17, 15) is 14.0 Å². The van der Waals surface area contributed by atoms with Crippen molar-refractivity contribution in [2.24, 2.45) is 0 Å². The average Bonchev–Trinajstić information content (AvgIpc) is 3.13. The molecular formula is C22H18FNO4S. The van der Waals surface area contributed by atoms with E-state index < -0.39 is 0 Å². The van der Waals surface area contributed by atoms with E-state index in [4.69, 9.17) is 9.47 Å². The maximum atomic E-state index is 13.1. The summed E-state index contributed by atoms with van der Waals surface area (Å²) in [5.41, 5.74) is 2.09. The predicted molar refractivity (Wildman–Crippen MR) is 109 cm³/mol. The molecule has 1 aliphatic rings. The predicted octanol–water partition coefficient (Wildman–Crippen LogP) is 4.25. The van der Waals surface area contributed by atoms with Crippen LogP contribution in [0, 0.1) is 12.7 Å². The van der Waals surface area contributed by atoms with Gasteiger partial charge in [-0.15, -0.1) is 11.3 Å². The van der Waals surface area contributed by atoms with Gasteiger partial charge in [0.15, 0.2) is 17.3 Å². The smallest absolute Gasteiger partial charge is 0.261 e. The van der Waals surface area contributed by atoms with E-state index in [1.54, 1.807) is 36.4 Å². The molecule has 1 aromatic heterocycles. The summed E-state index contributed by atoms with van der Waals surface area (Å²) in [4.78, 5) is 26.6.